The predicted octanol–water partition coefficient (Wildman–Crippen LogP) is 2.40. The summed E-state index contributed by atoms with van der Waals surface area (Å²) in [7, 11) is 0. The van der Waals surface area contributed by atoms with Crippen LogP contribution in [0.25, 0.3) is 0 Å². The van der Waals surface area contributed by atoms with Crippen LogP contribution in [0, 0.1) is 0 Å². The van der Waals surface area contributed by atoms with Gasteiger partial charge in [0.25, 0.3) is 0 Å². The molecule has 1 unspecified atom stereocenters. The Labute approximate surface area is 97.3 Å². The van der Waals surface area contributed by atoms with E-state index in [1.54, 1.807) is 0 Å². The fraction of sp³-hybridized carbons (Fsp3) is 0.444. The Hall–Kier alpha value is -1.67. The Balaban J connectivity index is 3.15. The first kappa shape index (κ1) is 14.4. The summed E-state index contributed by atoms with van der Waals surface area (Å²) in [5, 5.41) is 1.32. The molecule has 3 nitrogen and oxygen atoms in total. The largest absolute Gasteiger partial charge is 0.415 e. The molecule has 9 heteroatoms. The van der Waals surface area contributed by atoms with Gasteiger partial charge in [-0.05, 0) is 6.08 Å². The number of amides is 2. The first-order valence-corrected chi connectivity index (χ1v) is 4.58. The lowest BCUT2D eigenvalue weighted by molar-refractivity contribution is -0.182. The number of primary amides is 1. The molecule has 0 aliphatic heterocycles. The van der Waals surface area contributed by atoms with Gasteiger partial charge >= 0.3 is 18.4 Å². The normalized spacial score (nSPS) is 24.7. The Morgan fingerprint density at radius 3 is 2.22 bits per heavy atom. The van der Waals surface area contributed by atoms with Crippen LogP contribution in [0.1, 0.15) is 6.42 Å². The number of carbonyl (C=O) groups excluding carboxylic acids is 1. The summed E-state index contributed by atoms with van der Waals surface area (Å²) in [4.78, 5) is 10.6. The first-order chi connectivity index (χ1) is 7.98. The Morgan fingerprint density at radius 2 is 1.83 bits per heavy atom. The fourth-order valence-electron chi connectivity index (χ4n) is 1.51. The number of carbonyl (C=O) groups is 1. The molecular formula is C9H8F6N2O. The molecule has 2 amide bonds. The number of urea groups is 1. The minimum Gasteiger partial charge on any atom is -0.352 e. The molecule has 102 valence electrons. The number of allylic oxidation sites excluding steroid dienone is 2. The third-order valence-electron chi connectivity index (χ3n) is 2.36. The number of nitrogens with one attached hydrogen (secondary N) is 1. The maximum atomic E-state index is 12.8. The van der Waals surface area contributed by atoms with E-state index in [9.17, 15) is 31.1 Å². The van der Waals surface area contributed by atoms with Crippen molar-refractivity contribution in [3.63, 3.8) is 0 Å². The predicted molar refractivity (Wildman–Crippen MR) is 49.4 cm³/mol. The van der Waals surface area contributed by atoms with Crippen LogP contribution in [0.2, 0.25) is 0 Å². The van der Waals surface area contributed by atoms with E-state index in [4.69, 9.17) is 0 Å². The average molecular weight is 274 g/mol. The molecule has 0 radical (unpaired) electrons. The summed E-state index contributed by atoms with van der Waals surface area (Å²) in [6.45, 7) is 0. The summed E-state index contributed by atoms with van der Waals surface area (Å²) in [6.07, 6.45) is -9.89. The van der Waals surface area contributed by atoms with Gasteiger partial charge < -0.3 is 11.1 Å². The zero-order valence-electron chi connectivity index (χ0n) is 8.69. The van der Waals surface area contributed by atoms with Gasteiger partial charge in [0.2, 0.25) is 0 Å². The van der Waals surface area contributed by atoms with Crippen molar-refractivity contribution in [2.75, 3.05) is 0 Å². The molecule has 1 rings (SSSR count). The zero-order valence-corrected chi connectivity index (χ0v) is 8.69. The molecule has 1 atom stereocenters. The van der Waals surface area contributed by atoms with Crippen molar-refractivity contribution in [2.45, 2.75) is 24.3 Å². The summed E-state index contributed by atoms with van der Waals surface area (Å²) < 4.78 is 75.6. The van der Waals surface area contributed by atoms with Crippen LogP contribution < -0.4 is 11.1 Å². The number of hydrogen-bond donors (Lipinski definition) is 2. The van der Waals surface area contributed by atoms with E-state index in [1.165, 1.54) is 5.32 Å². The van der Waals surface area contributed by atoms with Gasteiger partial charge in [-0.2, -0.15) is 26.3 Å². The van der Waals surface area contributed by atoms with Crippen LogP contribution in [-0.4, -0.2) is 23.9 Å². The van der Waals surface area contributed by atoms with Gasteiger partial charge in [0, 0.05) is 12.0 Å². The van der Waals surface area contributed by atoms with E-state index in [-0.39, 0.29) is 0 Å². The number of halogens is 6. The molecule has 0 aromatic carbocycles. The molecule has 0 spiro atoms. The lowest BCUT2D eigenvalue weighted by atomic mass is 9.85. The van der Waals surface area contributed by atoms with Crippen LogP contribution in [0.3, 0.4) is 0 Å². The second-order valence-electron chi connectivity index (χ2n) is 3.68. The van der Waals surface area contributed by atoms with Gasteiger partial charge in [-0.15, -0.1) is 0 Å². The van der Waals surface area contributed by atoms with E-state index in [2.05, 4.69) is 5.73 Å². The highest BCUT2D eigenvalue weighted by Gasteiger charge is 2.57. The van der Waals surface area contributed by atoms with Crippen molar-refractivity contribution in [2.24, 2.45) is 5.73 Å². The van der Waals surface area contributed by atoms with Crippen LogP contribution in [-0.2, 0) is 0 Å². The van der Waals surface area contributed by atoms with Crippen molar-refractivity contribution < 1.29 is 31.1 Å². The van der Waals surface area contributed by atoms with E-state index >= 15 is 0 Å². The third-order valence-corrected chi connectivity index (χ3v) is 2.36. The van der Waals surface area contributed by atoms with E-state index in [1.807, 2.05) is 0 Å². The summed E-state index contributed by atoms with van der Waals surface area (Å²) >= 11 is 0. The zero-order chi connectivity index (χ0) is 14.2. The van der Waals surface area contributed by atoms with Crippen LogP contribution in [0.5, 0.6) is 0 Å². The Morgan fingerprint density at radius 1 is 1.28 bits per heavy atom. The quantitative estimate of drug-likeness (QED) is 0.709. The Kier molecular flexibility index (Phi) is 3.37. The van der Waals surface area contributed by atoms with Crippen molar-refractivity contribution in [1.82, 2.24) is 5.32 Å². The maximum absolute atomic E-state index is 12.8. The lowest BCUT2D eigenvalue weighted by Gasteiger charge is -2.36. The van der Waals surface area contributed by atoms with Gasteiger partial charge in [-0.3, -0.25) is 0 Å². The third kappa shape index (κ3) is 2.77. The minimum absolute atomic E-state index is 0.437. The first-order valence-electron chi connectivity index (χ1n) is 4.58. The molecule has 1 aliphatic carbocycles. The average Bonchev–Trinajstić information content (AvgIpc) is 2.13. The monoisotopic (exact) mass is 274 g/mol. The van der Waals surface area contributed by atoms with E-state index in [0.29, 0.717) is 18.2 Å². The molecule has 0 saturated heterocycles. The SMILES string of the molecule is NC(=O)NC1(C(F)(F)F)C=CC=C(C(F)(F)F)C1. The molecule has 0 aromatic heterocycles. The van der Waals surface area contributed by atoms with Crippen molar-refractivity contribution >= 4 is 6.03 Å². The highest BCUT2D eigenvalue weighted by molar-refractivity contribution is 5.73. The van der Waals surface area contributed by atoms with Crippen molar-refractivity contribution in [1.29, 1.82) is 0 Å². The standard InChI is InChI=1S/C9H8F6N2O/c10-8(11,12)5-2-1-3-7(4-5,9(13,14)15)17-6(16)18/h1-3H,4H2,(H3,16,17,18). The van der Waals surface area contributed by atoms with Crippen molar-refractivity contribution in [3.8, 4) is 0 Å². The number of rotatable bonds is 1. The van der Waals surface area contributed by atoms with Gasteiger partial charge in [0.1, 0.15) is 0 Å². The number of nitrogens with two attached hydrogens (primary N) is 1. The summed E-state index contributed by atoms with van der Waals surface area (Å²) in [5.74, 6) is 0. The molecular weight excluding hydrogens is 266 g/mol. The number of alkyl halides is 6. The van der Waals surface area contributed by atoms with Gasteiger partial charge in [0.05, 0.1) is 0 Å². The highest BCUT2D eigenvalue weighted by Crippen LogP contribution is 2.42. The summed E-state index contributed by atoms with van der Waals surface area (Å²) in [6, 6.07) is -1.56. The molecule has 1 aliphatic rings. The second kappa shape index (κ2) is 4.21. The number of hydrogen-bond acceptors (Lipinski definition) is 1. The molecule has 0 saturated carbocycles. The lowest BCUT2D eigenvalue weighted by Crippen LogP contribution is -2.60. The minimum atomic E-state index is -5.09. The highest BCUT2D eigenvalue weighted by atomic mass is 19.4. The molecule has 0 aromatic rings. The summed E-state index contributed by atoms with van der Waals surface area (Å²) in [5.41, 5.74) is 0.0559. The Bertz CT molecular complexity index is 408. The van der Waals surface area contributed by atoms with E-state index < -0.39 is 35.9 Å². The molecule has 0 bridgehead atoms. The van der Waals surface area contributed by atoms with Gasteiger partial charge in [0.15, 0.2) is 5.54 Å². The van der Waals surface area contributed by atoms with E-state index in [0.717, 1.165) is 0 Å². The molecule has 3 N–H and O–H groups in total. The van der Waals surface area contributed by atoms with Gasteiger partial charge in [-0.25, -0.2) is 4.79 Å². The smallest absolute Gasteiger partial charge is 0.352 e. The van der Waals surface area contributed by atoms with Crippen LogP contribution in [0.15, 0.2) is 23.8 Å². The second-order valence-corrected chi connectivity index (χ2v) is 3.68. The van der Waals surface area contributed by atoms with Crippen LogP contribution in [0.4, 0.5) is 31.1 Å². The maximum Gasteiger partial charge on any atom is 0.415 e. The molecule has 0 heterocycles. The topological polar surface area (TPSA) is 55.1 Å². The van der Waals surface area contributed by atoms with Gasteiger partial charge in [-0.1, -0.05) is 12.2 Å². The molecule has 0 fully saturated rings. The molecule has 18 heavy (non-hydrogen) atoms. The van der Waals surface area contributed by atoms with Crippen LogP contribution >= 0.6 is 0 Å². The van der Waals surface area contributed by atoms with Crippen molar-refractivity contribution in [3.05, 3.63) is 23.8 Å². The fourth-order valence-corrected chi connectivity index (χ4v) is 1.51.